The van der Waals surface area contributed by atoms with Crippen LogP contribution >= 0.6 is 46.3 Å². The molecule has 0 aliphatic heterocycles. The zero-order chi connectivity index (χ0) is 17.4. The number of carbonyl (C=O) groups is 2. The van der Waals surface area contributed by atoms with Gasteiger partial charge in [0.2, 0.25) is 0 Å². The fourth-order valence-electron chi connectivity index (χ4n) is 1.75. The Kier molecular flexibility index (Phi) is 7.91. The van der Waals surface area contributed by atoms with Crippen molar-refractivity contribution in [2.24, 2.45) is 0 Å². The summed E-state index contributed by atoms with van der Waals surface area (Å²) in [7, 11) is 0. The van der Waals surface area contributed by atoms with Crippen molar-refractivity contribution in [3.05, 3.63) is 56.2 Å². The third kappa shape index (κ3) is 6.02. The van der Waals surface area contributed by atoms with E-state index in [4.69, 9.17) is 27.9 Å². The molecule has 0 fully saturated rings. The zero-order valence-electron chi connectivity index (χ0n) is 12.6. The van der Waals surface area contributed by atoms with E-state index in [9.17, 15) is 9.59 Å². The topological polar surface area (TPSA) is 55.4 Å². The molecule has 24 heavy (non-hydrogen) atoms. The van der Waals surface area contributed by atoms with E-state index in [-0.39, 0.29) is 28.1 Å². The predicted molar refractivity (Wildman–Crippen MR) is 100 cm³/mol. The summed E-state index contributed by atoms with van der Waals surface area (Å²) in [5.74, 6) is 0.691. The molecule has 0 atom stereocenters. The van der Waals surface area contributed by atoms with Gasteiger partial charge in [-0.25, -0.2) is 4.79 Å². The third-order valence-corrected chi connectivity index (χ3v) is 5.78. The van der Waals surface area contributed by atoms with Gasteiger partial charge in [-0.1, -0.05) is 35.3 Å². The molecule has 0 aliphatic rings. The maximum atomic E-state index is 11.9. The van der Waals surface area contributed by atoms with Gasteiger partial charge < -0.3 is 10.1 Å². The maximum Gasteiger partial charge on any atom is 0.340 e. The van der Waals surface area contributed by atoms with Gasteiger partial charge in [0.25, 0.3) is 5.91 Å². The number of thioether (sulfide) groups is 1. The summed E-state index contributed by atoms with van der Waals surface area (Å²) in [6, 6.07) is 8.76. The molecule has 0 aliphatic carbocycles. The van der Waals surface area contributed by atoms with Crippen LogP contribution in [0.3, 0.4) is 0 Å². The molecule has 0 unspecified atom stereocenters. The number of carbonyl (C=O) groups excluding carboxylic acids is 2. The Morgan fingerprint density at radius 3 is 2.79 bits per heavy atom. The molecule has 1 amide bonds. The Labute approximate surface area is 158 Å². The molecule has 1 aromatic carbocycles. The first-order valence-electron chi connectivity index (χ1n) is 7.06. The van der Waals surface area contributed by atoms with Gasteiger partial charge in [-0.2, -0.15) is 11.8 Å². The summed E-state index contributed by atoms with van der Waals surface area (Å²) in [6.45, 7) is 0.168. The van der Waals surface area contributed by atoms with Crippen LogP contribution in [0, 0.1) is 0 Å². The minimum absolute atomic E-state index is 0.120. The van der Waals surface area contributed by atoms with Crippen LogP contribution in [0.2, 0.25) is 10.0 Å². The SMILES string of the molecule is O=C(COC(=O)c1cccc(Cl)c1Cl)NCCSCc1cccs1. The molecule has 0 saturated heterocycles. The Morgan fingerprint density at radius 2 is 2.04 bits per heavy atom. The zero-order valence-corrected chi connectivity index (χ0v) is 15.7. The second-order valence-corrected chi connectivity index (χ2v) is 7.58. The van der Waals surface area contributed by atoms with E-state index in [2.05, 4.69) is 11.4 Å². The number of hydrogen-bond donors (Lipinski definition) is 1. The van der Waals surface area contributed by atoms with Gasteiger partial charge in [-0.3, -0.25) is 4.79 Å². The van der Waals surface area contributed by atoms with Crippen LogP contribution in [-0.2, 0) is 15.3 Å². The average molecular weight is 404 g/mol. The summed E-state index contributed by atoms with van der Waals surface area (Å²) in [4.78, 5) is 24.9. The van der Waals surface area contributed by atoms with Gasteiger partial charge in [0.15, 0.2) is 6.61 Å². The van der Waals surface area contributed by atoms with E-state index in [0.717, 1.165) is 11.5 Å². The van der Waals surface area contributed by atoms with Crippen molar-refractivity contribution in [2.45, 2.75) is 5.75 Å². The number of amides is 1. The molecule has 2 aromatic rings. The number of nitrogens with one attached hydrogen (secondary N) is 1. The van der Waals surface area contributed by atoms with Crippen molar-refractivity contribution in [2.75, 3.05) is 18.9 Å². The highest BCUT2D eigenvalue weighted by atomic mass is 35.5. The molecule has 4 nitrogen and oxygen atoms in total. The lowest BCUT2D eigenvalue weighted by atomic mass is 10.2. The minimum Gasteiger partial charge on any atom is -0.452 e. The molecule has 8 heteroatoms. The average Bonchev–Trinajstić information content (AvgIpc) is 3.08. The Hall–Kier alpha value is -1.21. The summed E-state index contributed by atoms with van der Waals surface area (Å²) >= 11 is 15.2. The Bertz CT molecular complexity index is 693. The lowest BCUT2D eigenvalue weighted by molar-refractivity contribution is -0.124. The first-order chi connectivity index (χ1) is 11.6. The summed E-state index contributed by atoms with van der Waals surface area (Å²) in [5, 5.41) is 5.13. The largest absolute Gasteiger partial charge is 0.452 e. The lowest BCUT2D eigenvalue weighted by Gasteiger charge is -2.08. The molecule has 0 saturated carbocycles. The van der Waals surface area contributed by atoms with Crippen molar-refractivity contribution in [3.8, 4) is 0 Å². The highest BCUT2D eigenvalue weighted by Crippen LogP contribution is 2.25. The lowest BCUT2D eigenvalue weighted by Crippen LogP contribution is -2.30. The van der Waals surface area contributed by atoms with Gasteiger partial charge >= 0.3 is 5.97 Å². The summed E-state index contributed by atoms with van der Waals surface area (Å²) in [6.07, 6.45) is 0. The molecule has 0 bridgehead atoms. The number of esters is 1. The first-order valence-corrected chi connectivity index (χ1v) is 9.85. The number of thiophene rings is 1. The number of hydrogen-bond acceptors (Lipinski definition) is 5. The summed E-state index contributed by atoms with van der Waals surface area (Å²) < 4.78 is 4.94. The van der Waals surface area contributed by atoms with Crippen LogP contribution in [0.25, 0.3) is 0 Å². The van der Waals surface area contributed by atoms with Gasteiger partial charge in [0.05, 0.1) is 15.6 Å². The molecule has 1 N–H and O–H groups in total. The second kappa shape index (κ2) is 9.93. The number of halogens is 2. The van der Waals surface area contributed by atoms with Crippen LogP contribution in [0.5, 0.6) is 0 Å². The van der Waals surface area contributed by atoms with Crippen molar-refractivity contribution < 1.29 is 14.3 Å². The van der Waals surface area contributed by atoms with Crippen LogP contribution in [-0.4, -0.2) is 30.8 Å². The van der Waals surface area contributed by atoms with Gasteiger partial charge in [-0.05, 0) is 23.6 Å². The van der Waals surface area contributed by atoms with E-state index in [1.54, 1.807) is 35.2 Å². The second-order valence-electron chi connectivity index (χ2n) is 4.66. The third-order valence-electron chi connectivity index (χ3n) is 2.90. The fourth-order valence-corrected chi connectivity index (χ4v) is 3.83. The van der Waals surface area contributed by atoms with E-state index in [1.165, 1.54) is 10.9 Å². The highest BCUT2D eigenvalue weighted by Gasteiger charge is 2.15. The molecular weight excluding hydrogens is 389 g/mol. The normalized spacial score (nSPS) is 10.4. The number of rotatable bonds is 8. The van der Waals surface area contributed by atoms with Gasteiger partial charge in [0.1, 0.15) is 0 Å². The number of benzene rings is 1. The van der Waals surface area contributed by atoms with Gasteiger partial charge in [-0.15, -0.1) is 11.3 Å². The highest BCUT2D eigenvalue weighted by molar-refractivity contribution is 7.98. The van der Waals surface area contributed by atoms with E-state index in [0.29, 0.717) is 6.54 Å². The van der Waals surface area contributed by atoms with E-state index in [1.807, 2.05) is 11.4 Å². The van der Waals surface area contributed by atoms with Crippen molar-refractivity contribution in [1.82, 2.24) is 5.32 Å². The van der Waals surface area contributed by atoms with Crippen LogP contribution in [0.1, 0.15) is 15.2 Å². The van der Waals surface area contributed by atoms with E-state index >= 15 is 0 Å². The number of ether oxygens (including phenoxy) is 1. The smallest absolute Gasteiger partial charge is 0.340 e. The van der Waals surface area contributed by atoms with Crippen molar-refractivity contribution >= 4 is 58.2 Å². The quantitative estimate of drug-likeness (QED) is 0.528. The van der Waals surface area contributed by atoms with E-state index < -0.39 is 5.97 Å². The molecule has 0 radical (unpaired) electrons. The molecule has 2 rings (SSSR count). The maximum absolute atomic E-state index is 11.9. The molecular formula is C16H15Cl2NO3S2. The van der Waals surface area contributed by atoms with Crippen molar-refractivity contribution in [1.29, 1.82) is 0 Å². The van der Waals surface area contributed by atoms with Crippen LogP contribution in [0.15, 0.2) is 35.7 Å². The monoisotopic (exact) mass is 403 g/mol. The Morgan fingerprint density at radius 1 is 1.21 bits per heavy atom. The predicted octanol–water partition coefficient (Wildman–Crippen LogP) is 4.26. The van der Waals surface area contributed by atoms with Crippen LogP contribution in [0.4, 0.5) is 0 Å². The van der Waals surface area contributed by atoms with Gasteiger partial charge in [0, 0.05) is 22.9 Å². The van der Waals surface area contributed by atoms with Crippen molar-refractivity contribution in [3.63, 3.8) is 0 Å². The molecule has 1 heterocycles. The minimum atomic E-state index is -0.676. The summed E-state index contributed by atoms with van der Waals surface area (Å²) in [5.41, 5.74) is 0.142. The Balaban J connectivity index is 1.64. The van der Waals surface area contributed by atoms with Crippen LogP contribution < -0.4 is 5.32 Å². The molecule has 128 valence electrons. The fraction of sp³-hybridized carbons (Fsp3) is 0.250. The molecule has 0 spiro atoms. The molecule has 1 aromatic heterocycles. The first kappa shape index (κ1) is 19.1. The standard InChI is InChI=1S/C16H15Cl2NO3S2/c17-13-5-1-4-12(15(13)18)16(21)22-9-14(20)19-6-8-23-10-11-3-2-7-24-11/h1-5,7H,6,8-10H2,(H,19,20).